The van der Waals surface area contributed by atoms with Crippen molar-refractivity contribution in [2.75, 3.05) is 36.5 Å². The van der Waals surface area contributed by atoms with Gasteiger partial charge in [0.15, 0.2) is 6.10 Å². The van der Waals surface area contributed by atoms with Crippen LogP contribution in [0.15, 0.2) is 48.7 Å². The fourth-order valence-electron chi connectivity index (χ4n) is 2.65. The Morgan fingerprint density at radius 1 is 1.24 bits per heavy atom. The molecule has 1 aliphatic heterocycles. The molecule has 0 spiro atoms. The summed E-state index contributed by atoms with van der Waals surface area (Å²) in [5.41, 5.74) is 0.664. The largest absolute Gasteiger partial charge is 0.481 e. The van der Waals surface area contributed by atoms with Crippen molar-refractivity contribution in [1.82, 2.24) is 4.98 Å². The van der Waals surface area contributed by atoms with Crippen molar-refractivity contribution < 1.29 is 14.3 Å². The van der Waals surface area contributed by atoms with Crippen LogP contribution in [0.5, 0.6) is 5.75 Å². The van der Waals surface area contributed by atoms with Crippen molar-refractivity contribution in [3.05, 3.63) is 48.7 Å². The van der Waals surface area contributed by atoms with E-state index in [1.807, 2.05) is 49.4 Å². The summed E-state index contributed by atoms with van der Waals surface area (Å²) in [5, 5.41) is 2.87. The molecule has 0 aliphatic carbocycles. The molecule has 0 radical (unpaired) electrons. The molecule has 0 bridgehead atoms. The second-order valence-electron chi connectivity index (χ2n) is 5.82. The third kappa shape index (κ3) is 4.70. The molecule has 1 aliphatic rings. The van der Waals surface area contributed by atoms with E-state index in [0.29, 0.717) is 17.9 Å². The molecule has 1 N–H and O–H groups in total. The quantitative estimate of drug-likeness (QED) is 0.875. The van der Waals surface area contributed by atoms with Crippen molar-refractivity contribution in [1.29, 1.82) is 0 Å². The molecule has 1 saturated heterocycles. The number of para-hydroxylation sites is 1. The fourth-order valence-corrected chi connectivity index (χ4v) is 2.65. The van der Waals surface area contributed by atoms with Gasteiger partial charge >= 0.3 is 0 Å². The molecule has 3 rings (SSSR count). The van der Waals surface area contributed by atoms with Crippen LogP contribution in [0.25, 0.3) is 0 Å². The van der Waals surface area contributed by atoms with E-state index < -0.39 is 6.10 Å². The molecule has 1 unspecified atom stereocenters. The standard InChI is InChI=1S/C19H23N3O3/c1-2-17(25-16-6-4-3-5-7-16)19(23)21-15-8-9-18(20-14-15)22-10-12-24-13-11-22/h3-9,14,17H,2,10-13H2,1H3,(H,21,23). The molecular formula is C19H23N3O3. The molecule has 1 fully saturated rings. The highest BCUT2D eigenvalue weighted by molar-refractivity contribution is 5.94. The molecule has 2 heterocycles. The van der Waals surface area contributed by atoms with Crippen LogP contribution in [0.1, 0.15) is 13.3 Å². The Morgan fingerprint density at radius 3 is 2.64 bits per heavy atom. The molecule has 1 amide bonds. The number of carbonyl (C=O) groups excluding carboxylic acids is 1. The first kappa shape index (κ1) is 17.2. The Bertz CT molecular complexity index is 670. The lowest BCUT2D eigenvalue weighted by Gasteiger charge is -2.27. The van der Waals surface area contributed by atoms with Gasteiger partial charge in [0.2, 0.25) is 0 Å². The number of hydrogen-bond acceptors (Lipinski definition) is 5. The number of morpholine rings is 1. The molecule has 6 heteroatoms. The lowest BCUT2D eigenvalue weighted by atomic mass is 10.2. The van der Waals surface area contributed by atoms with Gasteiger partial charge in [-0.2, -0.15) is 0 Å². The number of aromatic nitrogens is 1. The number of anilines is 2. The summed E-state index contributed by atoms with van der Waals surface area (Å²) in [6.45, 7) is 5.03. The summed E-state index contributed by atoms with van der Waals surface area (Å²) >= 11 is 0. The van der Waals surface area contributed by atoms with Gasteiger partial charge in [-0.25, -0.2) is 4.98 Å². The molecule has 2 aromatic rings. The number of pyridine rings is 1. The van der Waals surface area contributed by atoms with Crippen LogP contribution in [-0.4, -0.2) is 43.3 Å². The average molecular weight is 341 g/mol. The van der Waals surface area contributed by atoms with Crippen molar-refractivity contribution >= 4 is 17.4 Å². The van der Waals surface area contributed by atoms with E-state index >= 15 is 0 Å². The topological polar surface area (TPSA) is 63.7 Å². The van der Waals surface area contributed by atoms with Gasteiger partial charge < -0.3 is 19.7 Å². The average Bonchev–Trinajstić information content (AvgIpc) is 2.68. The molecule has 132 valence electrons. The molecule has 1 aromatic heterocycles. The highest BCUT2D eigenvalue weighted by atomic mass is 16.5. The minimum atomic E-state index is -0.540. The van der Waals surface area contributed by atoms with Crippen molar-refractivity contribution in [2.45, 2.75) is 19.4 Å². The minimum Gasteiger partial charge on any atom is -0.481 e. The maximum Gasteiger partial charge on any atom is 0.265 e. The van der Waals surface area contributed by atoms with Gasteiger partial charge in [-0.1, -0.05) is 25.1 Å². The van der Waals surface area contributed by atoms with Crippen LogP contribution < -0.4 is 15.0 Å². The summed E-state index contributed by atoms with van der Waals surface area (Å²) in [6, 6.07) is 13.1. The molecule has 1 aromatic carbocycles. The van der Waals surface area contributed by atoms with Crippen LogP contribution in [0, 0.1) is 0 Å². The third-order valence-corrected chi connectivity index (χ3v) is 4.04. The number of carbonyl (C=O) groups is 1. The van der Waals surface area contributed by atoms with Gasteiger partial charge in [0.25, 0.3) is 5.91 Å². The maximum atomic E-state index is 12.4. The summed E-state index contributed by atoms with van der Waals surface area (Å²) in [6.07, 6.45) is 1.72. The summed E-state index contributed by atoms with van der Waals surface area (Å²) in [7, 11) is 0. The second-order valence-corrected chi connectivity index (χ2v) is 5.82. The zero-order valence-corrected chi connectivity index (χ0v) is 14.4. The van der Waals surface area contributed by atoms with Gasteiger partial charge in [0, 0.05) is 13.1 Å². The Labute approximate surface area is 147 Å². The maximum absolute atomic E-state index is 12.4. The van der Waals surface area contributed by atoms with Crippen molar-refractivity contribution in [3.63, 3.8) is 0 Å². The van der Waals surface area contributed by atoms with Gasteiger partial charge in [-0.15, -0.1) is 0 Å². The highest BCUT2D eigenvalue weighted by Crippen LogP contribution is 2.17. The smallest absolute Gasteiger partial charge is 0.265 e. The van der Waals surface area contributed by atoms with E-state index in [9.17, 15) is 4.79 Å². The first-order chi connectivity index (χ1) is 12.3. The van der Waals surface area contributed by atoms with Crippen LogP contribution in [0.4, 0.5) is 11.5 Å². The molecule has 25 heavy (non-hydrogen) atoms. The lowest BCUT2D eigenvalue weighted by molar-refractivity contribution is -0.122. The molecule has 1 atom stereocenters. The summed E-state index contributed by atoms with van der Waals surface area (Å²) in [5.74, 6) is 1.41. The minimum absolute atomic E-state index is 0.174. The number of nitrogens with one attached hydrogen (secondary N) is 1. The lowest BCUT2D eigenvalue weighted by Crippen LogP contribution is -2.36. The number of amides is 1. The number of benzene rings is 1. The number of hydrogen-bond donors (Lipinski definition) is 1. The van der Waals surface area contributed by atoms with Crippen molar-refractivity contribution in [3.8, 4) is 5.75 Å². The van der Waals surface area contributed by atoms with E-state index in [2.05, 4.69) is 15.2 Å². The van der Waals surface area contributed by atoms with Crippen LogP contribution >= 0.6 is 0 Å². The zero-order chi connectivity index (χ0) is 17.5. The number of ether oxygens (including phenoxy) is 2. The SMILES string of the molecule is CCC(Oc1ccccc1)C(=O)Nc1ccc(N2CCOCC2)nc1. The zero-order valence-electron chi connectivity index (χ0n) is 14.4. The molecular weight excluding hydrogens is 318 g/mol. The first-order valence-corrected chi connectivity index (χ1v) is 8.57. The van der Waals surface area contributed by atoms with E-state index in [4.69, 9.17) is 9.47 Å². The van der Waals surface area contributed by atoms with Crippen molar-refractivity contribution in [2.24, 2.45) is 0 Å². The van der Waals surface area contributed by atoms with E-state index in [-0.39, 0.29) is 5.91 Å². The number of rotatable bonds is 6. The third-order valence-electron chi connectivity index (χ3n) is 4.04. The van der Waals surface area contributed by atoms with Crippen LogP contribution in [0.3, 0.4) is 0 Å². The van der Waals surface area contributed by atoms with Crippen LogP contribution in [0.2, 0.25) is 0 Å². The van der Waals surface area contributed by atoms with E-state index in [1.165, 1.54) is 0 Å². The summed E-state index contributed by atoms with van der Waals surface area (Å²) in [4.78, 5) is 19.1. The highest BCUT2D eigenvalue weighted by Gasteiger charge is 2.19. The Hall–Kier alpha value is -2.60. The van der Waals surface area contributed by atoms with Gasteiger partial charge in [0.1, 0.15) is 11.6 Å². The predicted octanol–water partition coefficient (Wildman–Crippen LogP) is 2.71. The van der Waals surface area contributed by atoms with E-state index in [1.54, 1.807) is 6.20 Å². The second kappa shape index (κ2) is 8.48. The molecule has 6 nitrogen and oxygen atoms in total. The van der Waals surface area contributed by atoms with E-state index in [0.717, 1.165) is 32.1 Å². The Morgan fingerprint density at radius 2 is 2.00 bits per heavy atom. The first-order valence-electron chi connectivity index (χ1n) is 8.57. The van der Waals surface area contributed by atoms with Gasteiger partial charge in [-0.05, 0) is 30.7 Å². The molecule has 0 saturated carbocycles. The number of nitrogens with zero attached hydrogens (tertiary/aromatic N) is 2. The summed E-state index contributed by atoms with van der Waals surface area (Å²) < 4.78 is 11.1. The monoisotopic (exact) mass is 341 g/mol. The predicted molar refractivity (Wildman–Crippen MR) is 97.0 cm³/mol. The Balaban J connectivity index is 1.59. The normalized spacial score (nSPS) is 15.5. The van der Waals surface area contributed by atoms with Gasteiger partial charge in [0.05, 0.1) is 25.1 Å². The fraction of sp³-hybridized carbons (Fsp3) is 0.368. The van der Waals surface area contributed by atoms with Gasteiger partial charge in [-0.3, -0.25) is 4.79 Å². The Kier molecular flexibility index (Phi) is 5.85. The van der Waals surface area contributed by atoms with Crippen LogP contribution in [-0.2, 0) is 9.53 Å².